The second kappa shape index (κ2) is 9.50. The molecule has 0 aliphatic rings. The minimum Gasteiger partial charge on any atom is -0.267 e. The number of nitrogens with one attached hydrogen (secondary N) is 1. The minimum atomic E-state index is -0.175. The standard InChI is InChI=1S/C19H21ClN2OS/c1-3-17(4-2)21-22-19(23)15-7-5-14(6-8-15)13-24-18-11-9-16(20)10-12-18/h5-12H,3-4,13H2,1-2H3,(H,22,23). The fourth-order valence-electron chi connectivity index (χ4n) is 2.05. The van der Waals surface area contributed by atoms with Gasteiger partial charge in [-0.2, -0.15) is 5.10 Å². The second-order valence-electron chi connectivity index (χ2n) is 5.27. The van der Waals surface area contributed by atoms with E-state index in [1.165, 1.54) is 4.90 Å². The highest BCUT2D eigenvalue weighted by molar-refractivity contribution is 7.98. The number of hydrazone groups is 1. The molecule has 1 N–H and O–H groups in total. The molecule has 126 valence electrons. The van der Waals surface area contributed by atoms with Crippen LogP contribution in [-0.4, -0.2) is 11.6 Å². The van der Waals surface area contributed by atoms with Crippen molar-refractivity contribution >= 4 is 35.0 Å². The third kappa shape index (κ3) is 5.69. The smallest absolute Gasteiger partial charge is 0.267 e. The fraction of sp³-hybridized carbons (Fsp3) is 0.263. The molecule has 1 amide bonds. The van der Waals surface area contributed by atoms with Crippen molar-refractivity contribution in [1.29, 1.82) is 0 Å². The third-order valence-electron chi connectivity index (χ3n) is 3.57. The van der Waals surface area contributed by atoms with Gasteiger partial charge < -0.3 is 0 Å². The number of benzene rings is 2. The maximum Gasteiger partial charge on any atom is 0.271 e. The zero-order valence-electron chi connectivity index (χ0n) is 13.9. The van der Waals surface area contributed by atoms with E-state index in [2.05, 4.69) is 10.5 Å². The van der Waals surface area contributed by atoms with E-state index in [0.29, 0.717) is 5.56 Å². The first-order chi connectivity index (χ1) is 11.6. The molecule has 0 aliphatic heterocycles. The minimum absolute atomic E-state index is 0.175. The van der Waals surface area contributed by atoms with Gasteiger partial charge in [0.1, 0.15) is 0 Å². The van der Waals surface area contributed by atoms with Crippen LogP contribution in [-0.2, 0) is 5.75 Å². The zero-order valence-corrected chi connectivity index (χ0v) is 15.5. The first kappa shape index (κ1) is 18.6. The molecule has 3 nitrogen and oxygen atoms in total. The molecule has 0 atom stereocenters. The molecule has 0 unspecified atom stereocenters. The number of rotatable bonds is 7. The molecule has 0 bridgehead atoms. The average molecular weight is 361 g/mol. The van der Waals surface area contributed by atoms with Crippen molar-refractivity contribution in [3.8, 4) is 0 Å². The van der Waals surface area contributed by atoms with Gasteiger partial charge in [0.2, 0.25) is 0 Å². The maximum absolute atomic E-state index is 12.1. The molecule has 0 heterocycles. The topological polar surface area (TPSA) is 41.5 Å². The lowest BCUT2D eigenvalue weighted by molar-refractivity contribution is 0.0954. The number of amides is 1. The monoisotopic (exact) mass is 360 g/mol. The van der Waals surface area contributed by atoms with E-state index in [4.69, 9.17) is 11.6 Å². The van der Waals surface area contributed by atoms with Crippen LogP contribution < -0.4 is 5.43 Å². The fourth-order valence-corrected chi connectivity index (χ4v) is 3.03. The zero-order chi connectivity index (χ0) is 17.4. The first-order valence-corrected chi connectivity index (χ1v) is 9.31. The predicted molar refractivity (Wildman–Crippen MR) is 103 cm³/mol. The lowest BCUT2D eigenvalue weighted by atomic mass is 10.1. The van der Waals surface area contributed by atoms with E-state index < -0.39 is 0 Å². The van der Waals surface area contributed by atoms with Gasteiger partial charge >= 0.3 is 0 Å². The highest BCUT2D eigenvalue weighted by Gasteiger charge is 2.05. The highest BCUT2D eigenvalue weighted by atomic mass is 35.5. The van der Waals surface area contributed by atoms with Gasteiger partial charge in [0, 0.05) is 26.9 Å². The molecular formula is C19H21ClN2OS. The average Bonchev–Trinajstić information content (AvgIpc) is 2.62. The molecule has 0 radical (unpaired) electrons. The van der Waals surface area contributed by atoms with Crippen LogP contribution in [0.1, 0.15) is 42.6 Å². The van der Waals surface area contributed by atoms with Gasteiger partial charge in [-0.15, -0.1) is 11.8 Å². The van der Waals surface area contributed by atoms with Crippen molar-refractivity contribution in [2.45, 2.75) is 37.3 Å². The van der Waals surface area contributed by atoms with Gasteiger partial charge in [-0.3, -0.25) is 4.79 Å². The Balaban J connectivity index is 1.91. The molecule has 0 saturated heterocycles. The van der Waals surface area contributed by atoms with Gasteiger partial charge in [-0.25, -0.2) is 5.43 Å². The molecule has 2 rings (SSSR count). The normalized spacial score (nSPS) is 10.3. The van der Waals surface area contributed by atoms with Crippen molar-refractivity contribution in [2.75, 3.05) is 0 Å². The summed E-state index contributed by atoms with van der Waals surface area (Å²) >= 11 is 7.62. The van der Waals surface area contributed by atoms with E-state index in [-0.39, 0.29) is 5.91 Å². The number of hydrogen-bond acceptors (Lipinski definition) is 3. The van der Waals surface area contributed by atoms with Crippen LogP contribution in [0.15, 0.2) is 58.5 Å². The van der Waals surface area contributed by atoms with E-state index in [1.807, 2.05) is 62.4 Å². The van der Waals surface area contributed by atoms with Gasteiger partial charge in [0.25, 0.3) is 5.91 Å². The summed E-state index contributed by atoms with van der Waals surface area (Å²) < 4.78 is 0. The lowest BCUT2D eigenvalue weighted by Crippen LogP contribution is -2.19. The Morgan fingerprint density at radius 3 is 2.25 bits per heavy atom. The van der Waals surface area contributed by atoms with Crippen molar-refractivity contribution < 1.29 is 4.79 Å². The number of carbonyl (C=O) groups is 1. The van der Waals surface area contributed by atoms with Gasteiger partial charge in [-0.1, -0.05) is 37.6 Å². The summed E-state index contributed by atoms with van der Waals surface area (Å²) in [7, 11) is 0. The SMILES string of the molecule is CCC(CC)=NNC(=O)c1ccc(CSc2ccc(Cl)cc2)cc1. The molecule has 24 heavy (non-hydrogen) atoms. The summed E-state index contributed by atoms with van der Waals surface area (Å²) in [6.45, 7) is 4.06. The summed E-state index contributed by atoms with van der Waals surface area (Å²) in [4.78, 5) is 13.2. The summed E-state index contributed by atoms with van der Waals surface area (Å²) in [6, 6.07) is 15.4. The number of nitrogens with zero attached hydrogens (tertiary/aromatic N) is 1. The summed E-state index contributed by atoms with van der Waals surface area (Å²) in [5, 5.41) is 4.89. The lowest BCUT2D eigenvalue weighted by Gasteiger charge is -2.05. The van der Waals surface area contributed by atoms with Crippen molar-refractivity contribution in [2.24, 2.45) is 5.10 Å². The van der Waals surface area contributed by atoms with Crippen LogP contribution >= 0.6 is 23.4 Å². The molecule has 0 spiro atoms. The summed E-state index contributed by atoms with van der Waals surface area (Å²) in [6.07, 6.45) is 1.69. The Bertz CT molecular complexity index is 690. The number of carbonyl (C=O) groups excluding carboxylic acids is 1. The van der Waals surface area contributed by atoms with Crippen LogP contribution in [0, 0.1) is 0 Å². The van der Waals surface area contributed by atoms with Crippen LogP contribution in [0.3, 0.4) is 0 Å². The number of hydrogen-bond donors (Lipinski definition) is 1. The molecule has 0 saturated carbocycles. The number of thioether (sulfide) groups is 1. The Kier molecular flexibility index (Phi) is 7.35. The largest absolute Gasteiger partial charge is 0.271 e. The molecule has 0 aliphatic carbocycles. The predicted octanol–water partition coefficient (Wildman–Crippen LogP) is 5.54. The Morgan fingerprint density at radius 2 is 1.67 bits per heavy atom. The van der Waals surface area contributed by atoms with Gasteiger partial charge in [-0.05, 0) is 54.8 Å². The van der Waals surface area contributed by atoms with Crippen molar-refractivity contribution in [1.82, 2.24) is 5.43 Å². The van der Waals surface area contributed by atoms with Gasteiger partial charge in [0.05, 0.1) is 0 Å². The van der Waals surface area contributed by atoms with Crippen LogP contribution in [0.25, 0.3) is 0 Å². The second-order valence-corrected chi connectivity index (χ2v) is 6.75. The molecule has 2 aromatic rings. The Labute approximate surface area is 152 Å². The maximum atomic E-state index is 12.1. The van der Waals surface area contributed by atoms with E-state index in [0.717, 1.165) is 34.9 Å². The first-order valence-electron chi connectivity index (χ1n) is 7.95. The third-order valence-corrected chi connectivity index (χ3v) is 4.90. The number of halogens is 1. The summed E-state index contributed by atoms with van der Waals surface area (Å²) in [5.74, 6) is 0.670. The Morgan fingerprint density at radius 1 is 1.04 bits per heavy atom. The highest BCUT2D eigenvalue weighted by Crippen LogP contribution is 2.24. The van der Waals surface area contributed by atoms with E-state index in [1.54, 1.807) is 11.8 Å². The van der Waals surface area contributed by atoms with E-state index in [9.17, 15) is 4.79 Å². The van der Waals surface area contributed by atoms with E-state index >= 15 is 0 Å². The molecular weight excluding hydrogens is 340 g/mol. The molecule has 0 aromatic heterocycles. The summed E-state index contributed by atoms with van der Waals surface area (Å²) in [5.41, 5.74) is 5.38. The van der Waals surface area contributed by atoms with Crippen LogP contribution in [0.2, 0.25) is 5.02 Å². The van der Waals surface area contributed by atoms with Crippen molar-refractivity contribution in [3.05, 3.63) is 64.7 Å². The molecule has 5 heteroatoms. The van der Waals surface area contributed by atoms with Crippen LogP contribution in [0.4, 0.5) is 0 Å². The Hall–Kier alpha value is -1.78. The van der Waals surface area contributed by atoms with Crippen LogP contribution in [0.5, 0.6) is 0 Å². The quantitative estimate of drug-likeness (QED) is 0.400. The molecule has 2 aromatic carbocycles. The molecule has 0 fully saturated rings. The van der Waals surface area contributed by atoms with Crippen molar-refractivity contribution in [3.63, 3.8) is 0 Å². The van der Waals surface area contributed by atoms with Gasteiger partial charge in [0.15, 0.2) is 0 Å².